The van der Waals surface area contributed by atoms with Crippen molar-refractivity contribution in [2.45, 2.75) is 44.0 Å². The van der Waals surface area contributed by atoms with Gasteiger partial charge < -0.3 is 4.90 Å². The molecule has 0 radical (unpaired) electrons. The normalized spacial score (nSPS) is 13.4. The number of nitrogens with zero attached hydrogens (tertiary/aromatic N) is 1. The van der Waals surface area contributed by atoms with Crippen LogP contribution in [0.4, 0.5) is 4.39 Å². The second-order valence-corrected chi connectivity index (χ2v) is 9.00. The Morgan fingerprint density at radius 1 is 1.11 bits per heavy atom. The summed E-state index contributed by atoms with van der Waals surface area (Å²) in [5.41, 5.74) is 3.01. The third-order valence-electron chi connectivity index (χ3n) is 5.01. The van der Waals surface area contributed by atoms with E-state index in [1.807, 2.05) is 13.0 Å². The van der Waals surface area contributed by atoms with Crippen molar-refractivity contribution in [1.82, 2.24) is 4.90 Å². The Bertz CT molecular complexity index is 940. The summed E-state index contributed by atoms with van der Waals surface area (Å²) in [5, 5.41) is 0. The number of benzene rings is 2. The van der Waals surface area contributed by atoms with Gasteiger partial charge in [0.15, 0.2) is 9.84 Å². The molecule has 0 heterocycles. The molecule has 0 unspecified atom stereocenters. The van der Waals surface area contributed by atoms with Gasteiger partial charge in [-0.05, 0) is 67.1 Å². The number of fused-ring (bicyclic) bond motifs is 1. The molecule has 27 heavy (non-hydrogen) atoms. The van der Waals surface area contributed by atoms with Gasteiger partial charge in [0.05, 0.1) is 10.6 Å². The molecule has 6 heteroatoms. The van der Waals surface area contributed by atoms with Crippen LogP contribution in [0.3, 0.4) is 0 Å². The summed E-state index contributed by atoms with van der Waals surface area (Å²) >= 11 is 0. The Morgan fingerprint density at radius 2 is 1.89 bits per heavy atom. The van der Waals surface area contributed by atoms with Crippen molar-refractivity contribution < 1.29 is 17.6 Å². The lowest BCUT2D eigenvalue weighted by molar-refractivity contribution is -0.131. The third kappa shape index (κ3) is 4.75. The van der Waals surface area contributed by atoms with Gasteiger partial charge in [0.1, 0.15) is 5.82 Å². The highest BCUT2D eigenvalue weighted by molar-refractivity contribution is 7.91. The van der Waals surface area contributed by atoms with Crippen LogP contribution in [0.1, 0.15) is 36.5 Å². The lowest BCUT2D eigenvalue weighted by Crippen LogP contribution is -2.31. The zero-order valence-electron chi connectivity index (χ0n) is 15.4. The molecule has 2 aromatic rings. The minimum Gasteiger partial charge on any atom is -0.339 e. The standard InChI is InChI=1S/C21H24FNO3S/c1-2-23(15-16-5-3-8-19(22)13-16)21(24)11-12-27(25,26)20-10-9-17-6-4-7-18(17)14-20/h3,5,8-10,13-14H,2,4,6-7,11-12,15H2,1H3. The molecule has 1 amide bonds. The van der Waals surface area contributed by atoms with Gasteiger partial charge in [0.2, 0.25) is 5.91 Å². The first-order valence-electron chi connectivity index (χ1n) is 9.26. The van der Waals surface area contributed by atoms with Crippen LogP contribution < -0.4 is 0 Å². The minimum atomic E-state index is -3.51. The van der Waals surface area contributed by atoms with Gasteiger partial charge in [0, 0.05) is 19.5 Å². The van der Waals surface area contributed by atoms with Crippen molar-refractivity contribution in [2.24, 2.45) is 0 Å². The quantitative estimate of drug-likeness (QED) is 0.728. The smallest absolute Gasteiger partial charge is 0.223 e. The average molecular weight is 389 g/mol. The Morgan fingerprint density at radius 3 is 2.63 bits per heavy atom. The van der Waals surface area contributed by atoms with Crippen LogP contribution in [0.25, 0.3) is 0 Å². The van der Waals surface area contributed by atoms with E-state index in [0.717, 1.165) is 24.8 Å². The van der Waals surface area contributed by atoms with Crippen molar-refractivity contribution in [3.8, 4) is 0 Å². The number of amides is 1. The number of halogens is 1. The molecule has 0 saturated heterocycles. The van der Waals surface area contributed by atoms with Gasteiger partial charge in [-0.15, -0.1) is 0 Å². The molecule has 0 aromatic heterocycles. The van der Waals surface area contributed by atoms with Crippen LogP contribution in [-0.4, -0.2) is 31.5 Å². The molecule has 0 bridgehead atoms. The minimum absolute atomic E-state index is 0.0808. The molecule has 1 aliphatic carbocycles. The lowest BCUT2D eigenvalue weighted by atomic mass is 10.1. The predicted octanol–water partition coefficient (Wildman–Crippen LogP) is 3.53. The number of hydrogen-bond donors (Lipinski definition) is 0. The van der Waals surface area contributed by atoms with E-state index in [1.165, 1.54) is 17.7 Å². The SMILES string of the molecule is CCN(Cc1cccc(F)c1)C(=O)CCS(=O)(=O)c1ccc2c(c1)CCC2. The first-order chi connectivity index (χ1) is 12.9. The van der Waals surface area contributed by atoms with Crippen molar-refractivity contribution in [3.63, 3.8) is 0 Å². The zero-order valence-corrected chi connectivity index (χ0v) is 16.3. The molecule has 3 rings (SSSR count). The fraction of sp³-hybridized carbons (Fsp3) is 0.381. The Hall–Kier alpha value is -2.21. The number of aryl methyl sites for hydroxylation is 2. The fourth-order valence-electron chi connectivity index (χ4n) is 3.47. The van der Waals surface area contributed by atoms with E-state index in [4.69, 9.17) is 0 Å². The van der Waals surface area contributed by atoms with E-state index >= 15 is 0 Å². The van der Waals surface area contributed by atoms with Crippen molar-refractivity contribution >= 4 is 15.7 Å². The summed E-state index contributed by atoms with van der Waals surface area (Å²) in [5.74, 6) is -0.814. The second-order valence-electron chi connectivity index (χ2n) is 6.89. The van der Waals surface area contributed by atoms with Gasteiger partial charge >= 0.3 is 0 Å². The Labute approximate surface area is 159 Å². The number of carbonyl (C=O) groups is 1. The molecule has 0 N–H and O–H groups in total. The fourth-order valence-corrected chi connectivity index (χ4v) is 4.75. The van der Waals surface area contributed by atoms with Crippen LogP contribution in [-0.2, 0) is 34.0 Å². The maximum Gasteiger partial charge on any atom is 0.223 e. The highest BCUT2D eigenvalue weighted by Gasteiger charge is 2.21. The molecule has 2 aromatic carbocycles. The van der Waals surface area contributed by atoms with Gasteiger partial charge in [-0.3, -0.25) is 4.79 Å². The molecule has 0 aliphatic heterocycles. The van der Waals surface area contributed by atoms with E-state index < -0.39 is 9.84 Å². The molecule has 144 valence electrons. The molecular weight excluding hydrogens is 365 g/mol. The summed E-state index contributed by atoms with van der Waals surface area (Å²) in [7, 11) is -3.51. The first kappa shape index (κ1) is 19.5. The van der Waals surface area contributed by atoms with Crippen LogP contribution in [0.2, 0.25) is 0 Å². The van der Waals surface area contributed by atoms with Gasteiger partial charge in [0.25, 0.3) is 0 Å². The molecular formula is C21H24FNO3S. The maximum absolute atomic E-state index is 13.3. The van der Waals surface area contributed by atoms with Gasteiger partial charge in [-0.1, -0.05) is 18.2 Å². The lowest BCUT2D eigenvalue weighted by Gasteiger charge is -2.21. The summed E-state index contributed by atoms with van der Waals surface area (Å²) in [6, 6.07) is 11.4. The summed E-state index contributed by atoms with van der Waals surface area (Å²) < 4.78 is 38.6. The van der Waals surface area contributed by atoms with Crippen LogP contribution in [0.15, 0.2) is 47.4 Å². The van der Waals surface area contributed by atoms with E-state index in [1.54, 1.807) is 29.2 Å². The number of hydrogen-bond acceptors (Lipinski definition) is 3. The third-order valence-corrected chi connectivity index (χ3v) is 6.72. The Balaban J connectivity index is 1.64. The Kier molecular flexibility index (Phi) is 5.95. The van der Waals surface area contributed by atoms with Crippen LogP contribution >= 0.6 is 0 Å². The molecule has 0 atom stereocenters. The molecule has 1 aliphatic rings. The van der Waals surface area contributed by atoms with E-state index in [9.17, 15) is 17.6 Å². The molecule has 4 nitrogen and oxygen atoms in total. The van der Waals surface area contributed by atoms with Crippen LogP contribution in [0.5, 0.6) is 0 Å². The first-order valence-corrected chi connectivity index (χ1v) is 10.9. The maximum atomic E-state index is 13.3. The number of sulfone groups is 1. The molecule has 0 fully saturated rings. The number of rotatable bonds is 7. The van der Waals surface area contributed by atoms with Gasteiger partial charge in [-0.25, -0.2) is 12.8 Å². The second kappa shape index (κ2) is 8.21. The highest BCUT2D eigenvalue weighted by Crippen LogP contribution is 2.25. The van der Waals surface area contributed by atoms with Crippen molar-refractivity contribution in [1.29, 1.82) is 0 Å². The summed E-state index contributed by atoms with van der Waals surface area (Å²) in [6.45, 7) is 2.53. The summed E-state index contributed by atoms with van der Waals surface area (Å²) in [6.07, 6.45) is 2.89. The highest BCUT2D eigenvalue weighted by atomic mass is 32.2. The largest absolute Gasteiger partial charge is 0.339 e. The van der Waals surface area contributed by atoms with Crippen molar-refractivity contribution in [2.75, 3.05) is 12.3 Å². The van der Waals surface area contributed by atoms with E-state index in [2.05, 4.69) is 0 Å². The van der Waals surface area contributed by atoms with Crippen LogP contribution in [0, 0.1) is 5.82 Å². The average Bonchev–Trinajstić information content (AvgIpc) is 3.12. The topological polar surface area (TPSA) is 54.5 Å². The van der Waals surface area contributed by atoms with Gasteiger partial charge in [-0.2, -0.15) is 0 Å². The molecule has 0 saturated carbocycles. The molecule has 0 spiro atoms. The van der Waals surface area contributed by atoms with Crippen molar-refractivity contribution in [3.05, 3.63) is 65.0 Å². The van der Waals surface area contributed by atoms with E-state index in [0.29, 0.717) is 17.0 Å². The number of carbonyl (C=O) groups excluding carboxylic acids is 1. The zero-order chi connectivity index (χ0) is 19.4. The predicted molar refractivity (Wildman–Crippen MR) is 103 cm³/mol. The van der Waals surface area contributed by atoms with E-state index in [-0.39, 0.29) is 30.4 Å². The monoisotopic (exact) mass is 389 g/mol. The summed E-state index contributed by atoms with van der Waals surface area (Å²) in [4.78, 5) is 14.3.